The summed E-state index contributed by atoms with van der Waals surface area (Å²) in [4.78, 5) is 14.6. The van der Waals surface area contributed by atoms with Crippen molar-refractivity contribution in [3.63, 3.8) is 0 Å². The van der Waals surface area contributed by atoms with Crippen molar-refractivity contribution in [1.29, 1.82) is 0 Å². The molecular formula is C15H20N2O. The molecule has 1 saturated heterocycles. The van der Waals surface area contributed by atoms with Crippen LogP contribution in [0.4, 0.5) is 5.69 Å². The third kappa shape index (κ3) is 1.98. The molecule has 0 radical (unpaired) electrons. The van der Waals surface area contributed by atoms with Crippen molar-refractivity contribution in [3.8, 4) is 0 Å². The lowest BCUT2D eigenvalue weighted by Crippen LogP contribution is -2.39. The number of rotatable bonds is 1. The molecule has 3 nitrogen and oxygen atoms in total. The van der Waals surface area contributed by atoms with Gasteiger partial charge >= 0.3 is 0 Å². The summed E-state index contributed by atoms with van der Waals surface area (Å²) in [6.07, 6.45) is 6.28. The van der Waals surface area contributed by atoms with Crippen LogP contribution in [0.15, 0.2) is 24.3 Å². The second-order valence-electron chi connectivity index (χ2n) is 5.52. The van der Waals surface area contributed by atoms with Crippen molar-refractivity contribution >= 4 is 11.6 Å². The van der Waals surface area contributed by atoms with E-state index in [4.69, 9.17) is 5.73 Å². The van der Waals surface area contributed by atoms with E-state index in [0.29, 0.717) is 11.7 Å². The van der Waals surface area contributed by atoms with Crippen LogP contribution in [0.5, 0.6) is 0 Å². The van der Waals surface area contributed by atoms with Crippen molar-refractivity contribution in [2.75, 3.05) is 12.3 Å². The van der Waals surface area contributed by atoms with E-state index in [1.54, 1.807) is 0 Å². The van der Waals surface area contributed by atoms with Gasteiger partial charge in [-0.1, -0.05) is 12.8 Å². The number of nitrogens with zero attached hydrogens (tertiary/aromatic N) is 1. The van der Waals surface area contributed by atoms with Crippen LogP contribution in [-0.4, -0.2) is 23.4 Å². The molecule has 2 aliphatic rings. The number of nitrogens with two attached hydrogens (primary N) is 1. The van der Waals surface area contributed by atoms with Crippen molar-refractivity contribution in [2.45, 2.75) is 38.1 Å². The highest BCUT2D eigenvalue weighted by atomic mass is 16.2. The minimum atomic E-state index is 0.185. The van der Waals surface area contributed by atoms with Crippen molar-refractivity contribution < 1.29 is 4.79 Å². The highest BCUT2D eigenvalue weighted by molar-refractivity contribution is 5.95. The number of likely N-dealkylation sites (tertiary alicyclic amines) is 1. The van der Waals surface area contributed by atoms with Gasteiger partial charge in [0.2, 0.25) is 0 Å². The third-order valence-electron chi connectivity index (χ3n) is 4.43. The molecule has 3 heteroatoms. The lowest BCUT2D eigenvalue weighted by atomic mass is 9.85. The first-order valence-electron chi connectivity index (χ1n) is 6.92. The molecule has 1 aliphatic heterocycles. The predicted octanol–water partition coefficient (Wildman–Crippen LogP) is 2.67. The summed E-state index contributed by atoms with van der Waals surface area (Å²) in [5.74, 6) is 0.931. The van der Waals surface area contributed by atoms with Crippen LogP contribution in [0.1, 0.15) is 42.5 Å². The van der Waals surface area contributed by atoms with E-state index in [2.05, 4.69) is 4.90 Å². The number of amides is 1. The molecule has 1 heterocycles. The lowest BCUT2D eigenvalue weighted by Gasteiger charge is -2.31. The molecule has 18 heavy (non-hydrogen) atoms. The highest BCUT2D eigenvalue weighted by Gasteiger charge is 2.38. The first kappa shape index (κ1) is 11.6. The molecule has 2 unspecified atom stereocenters. The molecule has 2 atom stereocenters. The topological polar surface area (TPSA) is 46.3 Å². The zero-order valence-electron chi connectivity index (χ0n) is 10.6. The van der Waals surface area contributed by atoms with Gasteiger partial charge in [0.1, 0.15) is 0 Å². The van der Waals surface area contributed by atoms with E-state index in [-0.39, 0.29) is 5.91 Å². The summed E-state index contributed by atoms with van der Waals surface area (Å²) in [6, 6.07) is 7.79. The molecule has 96 valence electrons. The fourth-order valence-electron chi connectivity index (χ4n) is 3.45. The van der Waals surface area contributed by atoms with Crippen LogP contribution in [0.25, 0.3) is 0 Å². The maximum absolute atomic E-state index is 12.5. The van der Waals surface area contributed by atoms with Gasteiger partial charge in [-0.15, -0.1) is 0 Å². The molecule has 2 N–H and O–H groups in total. The maximum atomic E-state index is 12.5. The molecular weight excluding hydrogens is 224 g/mol. The fourth-order valence-corrected chi connectivity index (χ4v) is 3.45. The molecule has 2 fully saturated rings. The first-order chi connectivity index (χ1) is 8.75. The lowest BCUT2D eigenvalue weighted by molar-refractivity contribution is 0.0690. The zero-order chi connectivity index (χ0) is 12.5. The van der Waals surface area contributed by atoms with Gasteiger partial charge in [-0.25, -0.2) is 0 Å². The molecule has 3 rings (SSSR count). The van der Waals surface area contributed by atoms with Gasteiger partial charge < -0.3 is 10.6 Å². The number of carbonyl (C=O) groups is 1. The molecule has 0 aromatic heterocycles. The zero-order valence-corrected chi connectivity index (χ0v) is 10.6. The largest absolute Gasteiger partial charge is 0.399 e. The van der Waals surface area contributed by atoms with E-state index in [0.717, 1.165) is 18.0 Å². The quantitative estimate of drug-likeness (QED) is 0.772. The van der Waals surface area contributed by atoms with Crippen molar-refractivity contribution in [2.24, 2.45) is 5.92 Å². The van der Waals surface area contributed by atoms with Gasteiger partial charge in [0.25, 0.3) is 5.91 Å². The SMILES string of the molecule is Nc1ccc(C(=O)N2CCC3CCCCC32)cc1. The van der Waals surface area contributed by atoms with Gasteiger partial charge in [-0.2, -0.15) is 0 Å². The molecule has 0 spiro atoms. The third-order valence-corrected chi connectivity index (χ3v) is 4.43. The number of carbonyl (C=O) groups excluding carboxylic acids is 1. The normalized spacial score (nSPS) is 27.0. The summed E-state index contributed by atoms with van der Waals surface area (Å²) in [6.45, 7) is 0.929. The van der Waals surface area contributed by atoms with E-state index in [9.17, 15) is 4.79 Å². The van der Waals surface area contributed by atoms with Gasteiger partial charge in [-0.3, -0.25) is 4.79 Å². The maximum Gasteiger partial charge on any atom is 0.254 e. The molecule has 1 aromatic carbocycles. The van der Waals surface area contributed by atoms with E-state index in [1.165, 1.54) is 32.1 Å². The van der Waals surface area contributed by atoms with Crippen LogP contribution in [0.3, 0.4) is 0 Å². The first-order valence-corrected chi connectivity index (χ1v) is 6.92. The second-order valence-corrected chi connectivity index (χ2v) is 5.52. The number of hydrogen-bond donors (Lipinski definition) is 1. The summed E-state index contributed by atoms with van der Waals surface area (Å²) in [5.41, 5.74) is 7.15. The highest BCUT2D eigenvalue weighted by Crippen LogP contribution is 2.36. The Morgan fingerprint density at radius 1 is 1.11 bits per heavy atom. The Balaban J connectivity index is 1.78. The molecule has 1 saturated carbocycles. The van der Waals surface area contributed by atoms with Crippen molar-refractivity contribution in [1.82, 2.24) is 4.90 Å². The number of fused-ring (bicyclic) bond motifs is 1. The van der Waals surface area contributed by atoms with Gasteiger partial charge in [0.05, 0.1) is 0 Å². The van der Waals surface area contributed by atoms with Gasteiger partial charge in [-0.05, 0) is 49.4 Å². The minimum Gasteiger partial charge on any atom is -0.399 e. The molecule has 1 aliphatic carbocycles. The van der Waals surface area contributed by atoms with Crippen molar-refractivity contribution in [3.05, 3.63) is 29.8 Å². The van der Waals surface area contributed by atoms with Crippen LogP contribution in [0.2, 0.25) is 0 Å². The summed E-state index contributed by atoms with van der Waals surface area (Å²) >= 11 is 0. The molecule has 0 bridgehead atoms. The van der Waals surface area contributed by atoms with E-state index >= 15 is 0 Å². The molecule has 1 amide bonds. The Morgan fingerprint density at radius 3 is 2.61 bits per heavy atom. The fraction of sp³-hybridized carbons (Fsp3) is 0.533. The Hall–Kier alpha value is -1.51. The Labute approximate surface area is 108 Å². The van der Waals surface area contributed by atoms with Crippen LogP contribution in [-0.2, 0) is 0 Å². The minimum absolute atomic E-state index is 0.185. The molecule has 1 aromatic rings. The average molecular weight is 244 g/mol. The van der Waals surface area contributed by atoms with Crippen LogP contribution < -0.4 is 5.73 Å². The summed E-state index contributed by atoms with van der Waals surface area (Å²) in [7, 11) is 0. The number of nitrogen functional groups attached to an aromatic ring is 1. The Kier molecular flexibility index (Phi) is 2.98. The summed E-state index contributed by atoms with van der Waals surface area (Å²) < 4.78 is 0. The van der Waals surface area contributed by atoms with E-state index in [1.807, 2.05) is 24.3 Å². The predicted molar refractivity (Wildman–Crippen MR) is 72.3 cm³/mol. The van der Waals surface area contributed by atoms with Gasteiger partial charge in [0.15, 0.2) is 0 Å². The van der Waals surface area contributed by atoms with E-state index < -0.39 is 0 Å². The van der Waals surface area contributed by atoms with Gasteiger partial charge in [0, 0.05) is 23.8 Å². The monoisotopic (exact) mass is 244 g/mol. The standard InChI is InChI=1S/C15H20N2O/c16-13-7-5-12(6-8-13)15(18)17-10-9-11-3-1-2-4-14(11)17/h5-8,11,14H,1-4,9-10,16H2. The Bertz CT molecular complexity index is 440. The van der Waals surface area contributed by atoms with Crippen LogP contribution >= 0.6 is 0 Å². The average Bonchev–Trinajstić information content (AvgIpc) is 2.82. The summed E-state index contributed by atoms with van der Waals surface area (Å²) in [5, 5.41) is 0. The van der Waals surface area contributed by atoms with Crippen LogP contribution in [0, 0.1) is 5.92 Å². The number of hydrogen-bond acceptors (Lipinski definition) is 2. The smallest absolute Gasteiger partial charge is 0.254 e. The second kappa shape index (κ2) is 4.63. The number of anilines is 1. The Morgan fingerprint density at radius 2 is 1.83 bits per heavy atom. The number of benzene rings is 1.